The summed E-state index contributed by atoms with van der Waals surface area (Å²) in [6.07, 6.45) is 0. The van der Waals surface area contributed by atoms with Gasteiger partial charge >= 0.3 is 0 Å². The van der Waals surface area contributed by atoms with Crippen LogP contribution in [0.4, 0.5) is 0 Å². The van der Waals surface area contributed by atoms with Crippen molar-refractivity contribution in [3.8, 4) is 11.3 Å². The molecular formula is C21H24N4O2. The number of aromatic nitrogens is 2. The Morgan fingerprint density at radius 1 is 1.11 bits per heavy atom. The molecule has 27 heavy (non-hydrogen) atoms. The van der Waals surface area contributed by atoms with Gasteiger partial charge in [0.25, 0.3) is 5.91 Å². The van der Waals surface area contributed by atoms with E-state index in [2.05, 4.69) is 45.6 Å². The van der Waals surface area contributed by atoms with Gasteiger partial charge in [-0.2, -0.15) is 5.10 Å². The van der Waals surface area contributed by atoms with Crippen molar-refractivity contribution < 1.29 is 9.53 Å². The lowest BCUT2D eigenvalue weighted by molar-refractivity contribution is 0.0383. The third-order valence-corrected chi connectivity index (χ3v) is 4.97. The number of rotatable bonds is 5. The van der Waals surface area contributed by atoms with Crippen molar-refractivity contribution in [2.75, 3.05) is 39.4 Å². The number of hydrogen-bond acceptors (Lipinski definition) is 4. The highest BCUT2D eigenvalue weighted by molar-refractivity contribution is 5.94. The molecule has 1 amide bonds. The number of ether oxygens (including phenoxy) is 1. The minimum Gasteiger partial charge on any atom is -0.379 e. The molecule has 2 heterocycles. The fourth-order valence-corrected chi connectivity index (χ4v) is 3.44. The Hall–Kier alpha value is -2.70. The van der Waals surface area contributed by atoms with Crippen LogP contribution < -0.4 is 5.32 Å². The molecule has 0 spiro atoms. The van der Waals surface area contributed by atoms with Gasteiger partial charge < -0.3 is 10.1 Å². The fourth-order valence-electron chi connectivity index (χ4n) is 3.44. The van der Waals surface area contributed by atoms with Gasteiger partial charge in [-0.1, -0.05) is 36.4 Å². The largest absolute Gasteiger partial charge is 0.379 e. The maximum absolute atomic E-state index is 12.5. The highest BCUT2D eigenvalue weighted by atomic mass is 16.5. The van der Waals surface area contributed by atoms with Gasteiger partial charge in [-0.3, -0.25) is 14.4 Å². The maximum atomic E-state index is 12.5. The van der Waals surface area contributed by atoms with Crippen molar-refractivity contribution in [2.24, 2.45) is 7.05 Å². The average Bonchev–Trinajstić information content (AvgIpc) is 3.10. The Kier molecular flexibility index (Phi) is 5.18. The number of hydrogen-bond donors (Lipinski definition) is 1. The van der Waals surface area contributed by atoms with Crippen LogP contribution in [0.15, 0.2) is 48.5 Å². The Morgan fingerprint density at radius 2 is 1.89 bits per heavy atom. The van der Waals surface area contributed by atoms with E-state index in [1.54, 1.807) is 4.68 Å². The summed E-state index contributed by atoms with van der Waals surface area (Å²) in [6, 6.07) is 16.4. The van der Waals surface area contributed by atoms with Gasteiger partial charge in [0, 0.05) is 38.8 Å². The zero-order valence-electron chi connectivity index (χ0n) is 15.5. The van der Waals surface area contributed by atoms with Crippen LogP contribution in [0, 0.1) is 0 Å². The molecule has 0 radical (unpaired) electrons. The molecule has 0 aliphatic carbocycles. The molecule has 6 nitrogen and oxygen atoms in total. The number of benzene rings is 2. The van der Waals surface area contributed by atoms with Gasteiger partial charge in [-0.15, -0.1) is 0 Å². The molecule has 0 saturated carbocycles. The molecule has 1 saturated heterocycles. The predicted molar refractivity (Wildman–Crippen MR) is 106 cm³/mol. The summed E-state index contributed by atoms with van der Waals surface area (Å²) in [5.74, 6) is -0.133. The minimum absolute atomic E-state index is 0.133. The molecule has 1 aliphatic rings. The lowest BCUT2D eigenvalue weighted by Gasteiger charge is -2.26. The predicted octanol–water partition coefficient (Wildman–Crippen LogP) is 2.30. The molecule has 1 N–H and O–H groups in total. The van der Waals surface area contributed by atoms with Crippen molar-refractivity contribution in [3.63, 3.8) is 0 Å². The van der Waals surface area contributed by atoms with E-state index >= 15 is 0 Å². The number of carbonyl (C=O) groups excluding carboxylic acids is 1. The molecule has 0 atom stereocenters. The molecule has 2 aromatic carbocycles. The van der Waals surface area contributed by atoms with Crippen molar-refractivity contribution in [1.82, 2.24) is 20.0 Å². The summed E-state index contributed by atoms with van der Waals surface area (Å²) in [6.45, 7) is 4.82. The number of nitrogens with one attached hydrogen (secondary N) is 1. The maximum Gasteiger partial charge on any atom is 0.271 e. The Morgan fingerprint density at radius 3 is 2.70 bits per heavy atom. The second kappa shape index (κ2) is 7.90. The van der Waals surface area contributed by atoms with E-state index in [0.29, 0.717) is 12.2 Å². The minimum atomic E-state index is -0.133. The van der Waals surface area contributed by atoms with Crippen molar-refractivity contribution in [1.29, 1.82) is 0 Å². The number of fused-ring (bicyclic) bond motifs is 1. The molecule has 0 unspecified atom stereocenters. The smallest absolute Gasteiger partial charge is 0.271 e. The Bertz CT molecular complexity index is 944. The standard InChI is InChI=1S/C21H24N4O2/c1-24-20(18-7-6-16-4-2-3-5-17(16)14-18)15-19(23-24)21(26)22-8-9-25-10-12-27-13-11-25/h2-7,14-15H,8-13H2,1H3,(H,22,26). The van der Waals surface area contributed by atoms with Gasteiger partial charge in [0.05, 0.1) is 18.9 Å². The lowest BCUT2D eigenvalue weighted by Crippen LogP contribution is -2.41. The first-order chi connectivity index (χ1) is 13.2. The summed E-state index contributed by atoms with van der Waals surface area (Å²) < 4.78 is 7.10. The van der Waals surface area contributed by atoms with Crippen LogP contribution in [-0.4, -0.2) is 60.0 Å². The fraction of sp³-hybridized carbons (Fsp3) is 0.333. The molecule has 1 aliphatic heterocycles. The number of nitrogens with zero attached hydrogens (tertiary/aromatic N) is 3. The number of carbonyl (C=O) groups is 1. The molecular weight excluding hydrogens is 340 g/mol. The van der Waals surface area contributed by atoms with Crippen LogP contribution in [0.1, 0.15) is 10.5 Å². The molecule has 4 rings (SSSR count). The van der Waals surface area contributed by atoms with E-state index in [0.717, 1.165) is 44.1 Å². The zero-order chi connectivity index (χ0) is 18.6. The first kappa shape index (κ1) is 17.7. The number of morpholine rings is 1. The van der Waals surface area contributed by atoms with Gasteiger partial charge in [0.15, 0.2) is 5.69 Å². The molecule has 140 valence electrons. The number of aryl methyl sites for hydroxylation is 1. The summed E-state index contributed by atoms with van der Waals surface area (Å²) in [4.78, 5) is 14.8. The van der Waals surface area contributed by atoms with E-state index in [1.165, 1.54) is 10.8 Å². The molecule has 0 bridgehead atoms. The molecule has 1 aromatic heterocycles. The molecule has 1 fully saturated rings. The van der Waals surface area contributed by atoms with Crippen molar-refractivity contribution in [2.45, 2.75) is 0 Å². The zero-order valence-corrected chi connectivity index (χ0v) is 15.5. The van der Waals surface area contributed by atoms with E-state index < -0.39 is 0 Å². The van der Waals surface area contributed by atoms with Crippen molar-refractivity contribution in [3.05, 3.63) is 54.2 Å². The lowest BCUT2D eigenvalue weighted by atomic mass is 10.0. The third-order valence-electron chi connectivity index (χ3n) is 4.97. The third kappa shape index (κ3) is 4.02. The van der Waals surface area contributed by atoms with Crippen LogP contribution >= 0.6 is 0 Å². The SMILES string of the molecule is Cn1nc(C(=O)NCCN2CCOCC2)cc1-c1ccc2ccccc2c1. The van der Waals surface area contributed by atoms with E-state index in [9.17, 15) is 4.79 Å². The van der Waals surface area contributed by atoms with Gasteiger partial charge in [-0.05, 0) is 22.9 Å². The van der Waals surface area contributed by atoms with E-state index in [1.807, 2.05) is 25.2 Å². The van der Waals surface area contributed by atoms with Crippen LogP contribution in [0.5, 0.6) is 0 Å². The summed E-state index contributed by atoms with van der Waals surface area (Å²) in [5, 5.41) is 9.75. The van der Waals surface area contributed by atoms with Gasteiger partial charge in [0.2, 0.25) is 0 Å². The second-order valence-electron chi connectivity index (χ2n) is 6.81. The quantitative estimate of drug-likeness (QED) is 0.755. The summed E-state index contributed by atoms with van der Waals surface area (Å²) in [5.41, 5.74) is 2.43. The molecule has 3 aromatic rings. The van der Waals surface area contributed by atoms with Crippen LogP contribution in [0.3, 0.4) is 0 Å². The topological polar surface area (TPSA) is 59.4 Å². The average molecular weight is 364 g/mol. The summed E-state index contributed by atoms with van der Waals surface area (Å²) >= 11 is 0. The normalized spacial score (nSPS) is 15.1. The molecule has 6 heteroatoms. The second-order valence-corrected chi connectivity index (χ2v) is 6.81. The number of amides is 1. The Balaban J connectivity index is 1.44. The first-order valence-corrected chi connectivity index (χ1v) is 9.32. The van der Waals surface area contributed by atoms with Crippen LogP contribution in [0.2, 0.25) is 0 Å². The highest BCUT2D eigenvalue weighted by Gasteiger charge is 2.15. The highest BCUT2D eigenvalue weighted by Crippen LogP contribution is 2.24. The summed E-state index contributed by atoms with van der Waals surface area (Å²) in [7, 11) is 1.87. The van der Waals surface area contributed by atoms with Crippen LogP contribution in [0.25, 0.3) is 22.0 Å². The van der Waals surface area contributed by atoms with E-state index in [4.69, 9.17) is 4.74 Å². The monoisotopic (exact) mass is 364 g/mol. The first-order valence-electron chi connectivity index (χ1n) is 9.32. The Labute approximate surface area is 158 Å². The van der Waals surface area contributed by atoms with Gasteiger partial charge in [0.1, 0.15) is 0 Å². The van der Waals surface area contributed by atoms with E-state index in [-0.39, 0.29) is 5.91 Å². The van der Waals surface area contributed by atoms with Gasteiger partial charge in [-0.25, -0.2) is 0 Å². The van der Waals surface area contributed by atoms with Crippen molar-refractivity contribution >= 4 is 16.7 Å². The van der Waals surface area contributed by atoms with Crippen LogP contribution in [-0.2, 0) is 11.8 Å².